The van der Waals surface area contributed by atoms with Crippen LogP contribution in [0.15, 0.2) is 103 Å². The van der Waals surface area contributed by atoms with Gasteiger partial charge in [-0.25, -0.2) is 15.0 Å². The molecule has 13 nitrogen and oxygen atoms in total. The van der Waals surface area contributed by atoms with Crippen molar-refractivity contribution in [3.63, 3.8) is 0 Å². The van der Waals surface area contributed by atoms with E-state index in [1.165, 1.54) is 19.0 Å². The Bertz CT molecular complexity index is 1690. The molecule has 3 aliphatic heterocycles. The van der Waals surface area contributed by atoms with Crippen LogP contribution in [0, 0.1) is 0 Å². The summed E-state index contributed by atoms with van der Waals surface area (Å²) in [4.78, 5) is 64.9. The Labute approximate surface area is 302 Å². The van der Waals surface area contributed by atoms with Crippen molar-refractivity contribution in [3.8, 4) is 0 Å². The highest BCUT2D eigenvalue weighted by Gasteiger charge is 2.13. The number of nitrogens with one attached hydrogen (secondary N) is 3. The second-order valence-corrected chi connectivity index (χ2v) is 12.7. The molecule has 0 unspecified atom stereocenters. The molecular formula is C39H42N10O3. The van der Waals surface area contributed by atoms with Gasteiger partial charge in [0.05, 0.1) is 56.4 Å². The van der Waals surface area contributed by atoms with Crippen LogP contribution in [0.1, 0.15) is 47.8 Å². The van der Waals surface area contributed by atoms with Crippen LogP contribution in [-0.2, 0) is 19.3 Å². The number of rotatable bonds is 18. The highest BCUT2D eigenvalue weighted by atomic mass is 16.2. The van der Waals surface area contributed by atoms with E-state index in [9.17, 15) is 14.4 Å². The van der Waals surface area contributed by atoms with Gasteiger partial charge < -0.3 is 20.9 Å². The molecule has 3 aromatic carbocycles. The molecule has 52 heavy (non-hydrogen) atoms. The number of hydrogen-bond donors (Lipinski definition) is 3. The summed E-state index contributed by atoms with van der Waals surface area (Å²) in [6.07, 6.45) is 7.01. The molecule has 6 rings (SSSR count). The van der Waals surface area contributed by atoms with E-state index in [-0.39, 0.29) is 17.7 Å². The summed E-state index contributed by atoms with van der Waals surface area (Å²) in [5.41, 5.74) is 7.79. The zero-order valence-electron chi connectivity index (χ0n) is 29.0. The number of amides is 3. The van der Waals surface area contributed by atoms with Gasteiger partial charge in [0, 0.05) is 36.3 Å². The fourth-order valence-corrected chi connectivity index (χ4v) is 5.75. The maximum absolute atomic E-state index is 12.6. The van der Waals surface area contributed by atoms with E-state index in [0.29, 0.717) is 56.0 Å². The van der Waals surface area contributed by atoms with E-state index in [2.05, 4.69) is 50.8 Å². The number of carbonyl (C=O) groups is 3. The van der Waals surface area contributed by atoms with Gasteiger partial charge in [0.25, 0.3) is 17.7 Å². The van der Waals surface area contributed by atoms with Gasteiger partial charge in [0.1, 0.15) is 19.0 Å². The Hall–Kier alpha value is -5.95. The van der Waals surface area contributed by atoms with Crippen LogP contribution in [0.25, 0.3) is 0 Å². The Balaban J connectivity index is 1.02. The van der Waals surface area contributed by atoms with Crippen molar-refractivity contribution in [2.45, 2.75) is 19.3 Å². The third-order valence-corrected chi connectivity index (χ3v) is 8.94. The molecule has 0 atom stereocenters. The van der Waals surface area contributed by atoms with Crippen LogP contribution in [0.2, 0.25) is 0 Å². The molecule has 0 aromatic heterocycles. The van der Waals surface area contributed by atoms with Gasteiger partial charge in [0.2, 0.25) is 0 Å². The van der Waals surface area contributed by atoms with Gasteiger partial charge in [-0.2, -0.15) is 0 Å². The monoisotopic (exact) mass is 698 g/mol. The molecule has 3 N–H and O–H groups in total. The summed E-state index contributed by atoms with van der Waals surface area (Å²) < 4.78 is 0. The zero-order valence-corrected chi connectivity index (χ0v) is 29.0. The molecule has 3 aromatic rings. The summed E-state index contributed by atoms with van der Waals surface area (Å²) in [6.45, 7) is 5.23. The van der Waals surface area contributed by atoms with Crippen molar-refractivity contribution in [2.24, 2.45) is 30.0 Å². The second-order valence-electron chi connectivity index (χ2n) is 12.7. The topological polar surface area (TPSA) is 165 Å². The van der Waals surface area contributed by atoms with Crippen LogP contribution >= 0.6 is 0 Å². The molecule has 0 saturated heterocycles. The standard InChI is InChI=1S/C39H42N10O3/c50-37(43-22-34-19-40-25-46-34)31-7-1-28(2-8-31)13-16-49(17-14-29-3-9-32(10-4-29)38(51)44-23-35-20-41-26-47-35)18-15-30-5-11-33(12-6-30)39(52)45-24-36-21-42-27-48-36/h1-12,25-27H,13-24H2,(H,43,50)(H,44,51)(H,45,52). The van der Waals surface area contributed by atoms with Crippen molar-refractivity contribution in [2.75, 3.05) is 58.9 Å². The van der Waals surface area contributed by atoms with Crippen LogP contribution in [-0.4, -0.2) is 118 Å². The summed E-state index contributed by atoms with van der Waals surface area (Å²) in [6, 6.07) is 23.2. The minimum Gasteiger partial charge on any atom is -0.347 e. The maximum Gasteiger partial charge on any atom is 0.251 e. The maximum atomic E-state index is 12.6. The molecule has 0 saturated carbocycles. The zero-order chi connectivity index (χ0) is 36.0. The van der Waals surface area contributed by atoms with Gasteiger partial charge in [-0.05, 0) is 72.4 Å². The number of nitrogens with zero attached hydrogens (tertiary/aromatic N) is 7. The second kappa shape index (κ2) is 18.3. The first kappa shape index (κ1) is 35.9. The quantitative estimate of drug-likeness (QED) is 0.186. The van der Waals surface area contributed by atoms with Gasteiger partial charge >= 0.3 is 0 Å². The van der Waals surface area contributed by atoms with Crippen LogP contribution in [0.3, 0.4) is 0 Å². The summed E-state index contributed by atoms with van der Waals surface area (Å²) in [7, 11) is 0. The summed E-state index contributed by atoms with van der Waals surface area (Å²) >= 11 is 0. The fourth-order valence-electron chi connectivity index (χ4n) is 5.75. The molecule has 3 heterocycles. The molecule has 3 aliphatic rings. The molecule has 0 fully saturated rings. The molecule has 0 aliphatic carbocycles. The van der Waals surface area contributed by atoms with E-state index >= 15 is 0 Å². The third kappa shape index (κ3) is 10.8. The Kier molecular flexibility index (Phi) is 12.6. The van der Waals surface area contributed by atoms with E-state index in [0.717, 1.165) is 72.7 Å². The number of hydrogen-bond acceptors (Lipinski definition) is 10. The number of aliphatic imine (C=N–C) groups is 6. The Morgan fingerprint density at radius 2 is 0.750 bits per heavy atom. The molecule has 266 valence electrons. The SMILES string of the molecule is O=C(NCC1=NC=NC1)c1ccc(CCN(CCc2ccc(C(=O)NCC3=NC=NC3)cc2)CCc2ccc(C(=O)NCC3=NC=NC3)cc2)cc1. The lowest BCUT2D eigenvalue weighted by molar-refractivity contribution is 0.0951. The van der Waals surface area contributed by atoms with E-state index in [1.54, 1.807) is 0 Å². The first-order valence-corrected chi connectivity index (χ1v) is 17.4. The van der Waals surface area contributed by atoms with Gasteiger partial charge in [-0.15, -0.1) is 0 Å². The molecule has 0 spiro atoms. The predicted molar refractivity (Wildman–Crippen MR) is 206 cm³/mol. The molecule has 0 bridgehead atoms. The Morgan fingerprint density at radius 1 is 0.462 bits per heavy atom. The molecular weight excluding hydrogens is 656 g/mol. The van der Waals surface area contributed by atoms with Crippen LogP contribution in [0.5, 0.6) is 0 Å². The van der Waals surface area contributed by atoms with Crippen LogP contribution < -0.4 is 16.0 Å². The lowest BCUT2D eigenvalue weighted by atomic mass is 10.1. The minimum absolute atomic E-state index is 0.134. The van der Waals surface area contributed by atoms with Crippen molar-refractivity contribution >= 4 is 53.9 Å². The third-order valence-electron chi connectivity index (χ3n) is 8.94. The highest BCUT2D eigenvalue weighted by Crippen LogP contribution is 2.12. The first-order valence-electron chi connectivity index (χ1n) is 17.4. The number of benzene rings is 3. The van der Waals surface area contributed by atoms with E-state index < -0.39 is 0 Å². The largest absolute Gasteiger partial charge is 0.347 e. The summed E-state index contributed by atoms with van der Waals surface area (Å²) in [5.74, 6) is -0.402. The Morgan fingerprint density at radius 3 is 1.00 bits per heavy atom. The van der Waals surface area contributed by atoms with E-state index in [1.807, 2.05) is 72.8 Å². The van der Waals surface area contributed by atoms with Crippen molar-refractivity contribution in [1.29, 1.82) is 0 Å². The van der Waals surface area contributed by atoms with Gasteiger partial charge in [0.15, 0.2) is 0 Å². The van der Waals surface area contributed by atoms with Crippen LogP contribution in [0.4, 0.5) is 0 Å². The molecule has 13 heteroatoms. The first-order chi connectivity index (χ1) is 25.5. The van der Waals surface area contributed by atoms with Gasteiger partial charge in [-0.3, -0.25) is 29.4 Å². The molecule has 0 radical (unpaired) electrons. The highest BCUT2D eigenvalue weighted by molar-refractivity contribution is 6.03. The van der Waals surface area contributed by atoms with Crippen molar-refractivity contribution in [1.82, 2.24) is 20.9 Å². The molecule has 3 amide bonds. The van der Waals surface area contributed by atoms with Crippen molar-refractivity contribution < 1.29 is 14.4 Å². The fraction of sp³-hybridized carbons (Fsp3) is 0.308. The average Bonchev–Trinajstić information content (AvgIpc) is 4.01. The smallest absolute Gasteiger partial charge is 0.251 e. The summed E-state index contributed by atoms with van der Waals surface area (Å²) in [5, 5.41) is 8.73. The average molecular weight is 699 g/mol. The number of carbonyl (C=O) groups excluding carboxylic acids is 3. The van der Waals surface area contributed by atoms with Crippen molar-refractivity contribution in [3.05, 3.63) is 106 Å². The van der Waals surface area contributed by atoms with E-state index in [4.69, 9.17) is 0 Å². The normalized spacial score (nSPS) is 14.4. The predicted octanol–water partition coefficient (Wildman–Crippen LogP) is 2.65. The lowest BCUT2D eigenvalue weighted by Gasteiger charge is -2.23. The lowest BCUT2D eigenvalue weighted by Crippen LogP contribution is -2.31. The minimum atomic E-state index is -0.134. The van der Waals surface area contributed by atoms with Gasteiger partial charge in [-0.1, -0.05) is 36.4 Å².